The van der Waals surface area contributed by atoms with E-state index < -0.39 is 30.1 Å². The van der Waals surface area contributed by atoms with Crippen molar-refractivity contribution in [2.75, 3.05) is 6.54 Å². The molecule has 2 aromatic rings. The molecule has 2 aromatic carbocycles. The van der Waals surface area contributed by atoms with Crippen molar-refractivity contribution in [3.63, 3.8) is 0 Å². The number of primary amides is 1. The maximum absolute atomic E-state index is 12.2. The summed E-state index contributed by atoms with van der Waals surface area (Å²) in [7, 11) is 0. The molecule has 3 amide bonds. The number of hydrogen-bond donors (Lipinski definition) is 4. The number of carbonyl (C=O) groups is 3. The second-order valence-corrected chi connectivity index (χ2v) is 6.95. The Balaban J connectivity index is 1.74. The number of hydrogen-bond acceptors (Lipinski definition) is 5. The van der Waals surface area contributed by atoms with Gasteiger partial charge in [0.25, 0.3) is 0 Å². The number of rotatable bonds is 10. The molecule has 0 spiro atoms. The lowest BCUT2D eigenvalue weighted by atomic mass is 10.0. The van der Waals surface area contributed by atoms with Gasteiger partial charge in [0.15, 0.2) is 0 Å². The predicted molar refractivity (Wildman–Crippen MR) is 111 cm³/mol. The first-order valence-electron chi connectivity index (χ1n) is 9.61. The van der Waals surface area contributed by atoms with E-state index in [1.54, 1.807) is 0 Å². The zero-order chi connectivity index (χ0) is 21.9. The van der Waals surface area contributed by atoms with Crippen molar-refractivity contribution in [3.05, 3.63) is 71.3 Å². The Morgan fingerprint density at radius 3 is 2.40 bits per heavy atom. The maximum Gasteiger partial charge on any atom is 0.407 e. The third-order valence-electron chi connectivity index (χ3n) is 4.48. The maximum atomic E-state index is 12.2. The topological polar surface area (TPSA) is 131 Å². The summed E-state index contributed by atoms with van der Waals surface area (Å²) < 4.78 is 5.03. The number of ether oxygens (including phenoxy) is 1. The normalized spacial score (nSPS) is 12.5. The Bertz CT molecular complexity index is 857. The highest BCUT2D eigenvalue weighted by molar-refractivity contribution is 5.87. The number of aryl methyl sites for hydroxylation is 1. The molecule has 0 saturated carbocycles. The third kappa shape index (κ3) is 7.92. The quantitative estimate of drug-likeness (QED) is 0.465. The molecule has 0 saturated heterocycles. The van der Waals surface area contributed by atoms with Crippen LogP contribution in [0.4, 0.5) is 4.79 Å². The zero-order valence-electron chi connectivity index (χ0n) is 16.8. The molecule has 2 atom stereocenters. The number of aliphatic hydroxyl groups excluding tert-OH is 1. The first-order valence-corrected chi connectivity index (χ1v) is 9.61. The highest BCUT2D eigenvalue weighted by Crippen LogP contribution is 2.10. The van der Waals surface area contributed by atoms with Crippen LogP contribution in [0.25, 0.3) is 0 Å². The molecule has 2 rings (SSSR count). The molecule has 8 heteroatoms. The SMILES string of the molecule is Cc1ccccc1C[C@H](NC(=O)C[C@H](O)CNC(=O)OCc1ccccc1)C(N)=O. The number of alkyl carbamates (subject to hydrolysis) is 1. The second-order valence-electron chi connectivity index (χ2n) is 6.95. The minimum atomic E-state index is -1.14. The number of nitrogens with two attached hydrogens (primary N) is 1. The smallest absolute Gasteiger partial charge is 0.407 e. The number of nitrogens with one attached hydrogen (secondary N) is 2. The predicted octanol–water partition coefficient (Wildman–Crippen LogP) is 1.19. The van der Waals surface area contributed by atoms with Gasteiger partial charge < -0.3 is 26.2 Å². The van der Waals surface area contributed by atoms with E-state index >= 15 is 0 Å². The lowest BCUT2D eigenvalue weighted by molar-refractivity contribution is -0.128. The Kier molecular flexibility index (Phi) is 8.83. The molecule has 5 N–H and O–H groups in total. The van der Waals surface area contributed by atoms with Crippen molar-refractivity contribution in [3.8, 4) is 0 Å². The molecular formula is C22H27N3O5. The van der Waals surface area contributed by atoms with E-state index in [1.807, 2.05) is 61.5 Å². The van der Waals surface area contributed by atoms with Crippen molar-refractivity contribution in [1.29, 1.82) is 0 Å². The lowest BCUT2D eigenvalue weighted by Gasteiger charge is -2.18. The van der Waals surface area contributed by atoms with Gasteiger partial charge in [-0.2, -0.15) is 0 Å². The van der Waals surface area contributed by atoms with Crippen LogP contribution in [-0.2, 0) is 27.4 Å². The van der Waals surface area contributed by atoms with Crippen LogP contribution in [0.15, 0.2) is 54.6 Å². The molecule has 0 radical (unpaired) electrons. The largest absolute Gasteiger partial charge is 0.445 e. The average Bonchev–Trinajstić information content (AvgIpc) is 2.72. The molecule has 0 bridgehead atoms. The summed E-state index contributed by atoms with van der Waals surface area (Å²) >= 11 is 0. The molecule has 0 aromatic heterocycles. The highest BCUT2D eigenvalue weighted by Gasteiger charge is 2.21. The minimum Gasteiger partial charge on any atom is -0.445 e. The van der Waals surface area contributed by atoms with Crippen LogP contribution in [0.2, 0.25) is 0 Å². The summed E-state index contributed by atoms with van der Waals surface area (Å²) in [5.74, 6) is -1.21. The summed E-state index contributed by atoms with van der Waals surface area (Å²) in [6, 6.07) is 15.7. The summed E-state index contributed by atoms with van der Waals surface area (Å²) in [4.78, 5) is 35.6. The van der Waals surface area contributed by atoms with Crippen molar-refractivity contribution >= 4 is 17.9 Å². The van der Waals surface area contributed by atoms with E-state index in [2.05, 4.69) is 10.6 Å². The van der Waals surface area contributed by atoms with Crippen molar-refractivity contribution in [2.24, 2.45) is 5.73 Å². The molecule has 0 unspecified atom stereocenters. The van der Waals surface area contributed by atoms with Crippen LogP contribution in [0.5, 0.6) is 0 Å². The van der Waals surface area contributed by atoms with Gasteiger partial charge in [0, 0.05) is 13.0 Å². The van der Waals surface area contributed by atoms with Crippen molar-refractivity contribution < 1.29 is 24.2 Å². The van der Waals surface area contributed by atoms with E-state index in [0.717, 1.165) is 16.7 Å². The molecular weight excluding hydrogens is 386 g/mol. The second kappa shape index (κ2) is 11.6. The van der Waals surface area contributed by atoms with E-state index in [9.17, 15) is 19.5 Å². The van der Waals surface area contributed by atoms with E-state index in [-0.39, 0.29) is 26.0 Å². The van der Waals surface area contributed by atoms with Crippen LogP contribution < -0.4 is 16.4 Å². The zero-order valence-corrected chi connectivity index (χ0v) is 16.8. The summed E-state index contributed by atoms with van der Waals surface area (Å²) in [6.07, 6.45) is -1.88. The first kappa shape index (κ1) is 22.9. The fourth-order valence-electron chi connectivity index (χ4n) is 2.80. The van der Waals surface area contributed by atoms with Gasteiger partial charge in [0.05, 0.1) is 12.5 Å². The van der Waals surface area contributed by atoms with E-state index in [0.29, 0.717) is 0 Å². The molecule has 30 heavy (non-hydrogen) atoms. The summed E-state index contributed by atoms with van der Waals surface area (Å²) in [5.41, 5.74) is 8.11. The molecule has 0 aliphatic rings. The van der Waals surface area contributed by atoms with Gasteiger partial charge in [-0.25, -0.2) is 4.79 Å². The molecule has 160 valence electrons. The Hall–Kier alpha value is -3.39. The molecule has 8 nitrogen and oxygen atoms in total. The van der Waals surface area contributed by atoms with Gasteiger partial charge in [-0.3, -0.25) is 9.59 Å². The number of aliphatic hydroxyl groups is 1. The minimum absolute atomic E-state index is 0.0997. The first-order chi connectivity index (χ1) is 14.3. The highest BCUT2D eigenvalue weighted by atomic mass is 16.5. The lowest BCUT2D eigenvalue weighted by Crippen LogP contribution is -2.47. The van der Waals surface area contributed by atoms with Crippen LogP contribution in [0.3, 0.4) is 0 Å². The average molecular weight is 413 g/mol. The number of amides is 3. The third-order valence-corrected chi connectivity index (χ3v) is 4.48. The van der Waals surface area contributed by atoms with Crippen LogP contribution in [0, 0.1) is 6.92 Å². The van der Waals surface area contributed by atoms with Gasteiger partial charge in [0.2, 0.25) is 11.8 Å². The molecule has 0 fully saturated rings. The fraction of sp³-hybridized carbons (Fsp3) is 0.318. The molecule has 0 aliphatic heterocycles. The number of carbonyl (C=O) groups excluding carboxylic acids is 3. The van der Waals surface area contributed by atoms with Crippen LogP contribution in [0.1, 0.15) is 23.1 Å². The van der Waals surface area contributed by atoms with Crippen LogP contribution in [-0.4, -0.2) is 41.7 Å². The summed E-state index contributed by atoms with van der Waals surface area (Å²) in [5, 5.41) is 14.9. The van der Waals surface area contributed by atoms with E-state index in [1.165, 1.54) is 0 Å². The van der Waals surface area contributed by atoms with Gasteiger partial charge in [-0.15, -0.1) is 0 Å². The Morgan fingerprint density at radius 1 is 1.07 bits per heavy atom. The molecule has 0 heterocycles. The van der Waals surface area contributed by atoms with Gasteiger partial charge in [0.1, 0.15) is 12.6 Å². The van der Waals surface area contributed by atoms with Gasteiger partial charge in [-0.05, 0) is 23.6 Å². The Morgan fingerprint density at radius 2 is 1.73 bits per heavy atom. The van der Waals surface area contributed by atoms with Crippen LogP contribution >= 0.6 is 0 Å². The van der Waals surface area contributed by atoms with Crippen molar-refractivity contribution in [1.82, 2.24) is 10.6 Å². The summed E-state index contributed by atoms with van der Waals surface area (Å²) in [6.45, 7) is 1.84. The standard InChI is InChI=1S/C22H27N3O5/c1-15-7-5-6-10-17(15)11-19(21(23)28)25-20(27)12-18(26)13-24-22(29)30-14-16-8-3-2-4-9-16/h2-10,18-19,26H,11-14H2,1H3,(H2,23,28)(H,24,29)(H,25,27)/t18-,19-/m0/s1. The van der Waals surface area contributed by atoms with Gasteiger partial charge >= 0.3 is 6.09 Å². The molecule has 0 aliphatic carbocycles. The monoisotopic (exact) mass is 413 g/mol. The number of benzene rings is 2. The van der Waals surface area contributed by atoms with Gasteiger partial charge in [-0.1, -0.05) is 54.6 Å². The fourth-order valence-corrected chi connectivity index (χ4v) is 2.80. The Labute approximate surface area is 175 Å². The van der Waals surface area contributed by atoms with Crippen molar-refractivity contribution in [2.45, 2.75) is 38.5 Å². The van der Waals surface area contributed by atoms with E-state index in [4.69, 9.17) is 10.5 Å².